The summed E-state index contributed by atoms with van der Waals surface area (Å²) in [4.78, 5) is 24.5. The normalized spacial score (nSPS) is 13.0. The van der Waals surface area contributed by atoms with Crippen LogP contribution in [0.3, 0.4) is 0 Å². The summed E-state index contributed by atoms with van der Waals surface area (Å²) >= 11 is 4.97. The topological polar surface area (TPSA) is 105 Å². The van der Waals surface area contributed by atoms with Crippen LogP contribution >= 0.6 is 27.7 Å². The van der Waals surface area contributed by atoms with Gasteiger partial charge in [-0.05, 0) is 68.5 Å². The van der Waals surface area contributed by atoms with Gasteiger partial charge in [0.25, 0.3) is 0 Å². The van der Waals surface area contributed by atoms with Crippen molar-refractivity contribution in [2.75, 3.05) is 18.2 Å². The van der Waals surface area contributed by atoms with Gasteiger partial charge in [0, 0.05) is 33.3 Å². The molecule has 0 aliphatic heterocycles. The summed E-state index contributed by atoms with van der Waals surface area (Å²) < 4.78 is 12.3. The number of carboxylic acid groups (broad SMARTS) is 1. The number of benzene rings is 2. The second-order valence-electron chi connectivity index (χ2n) is 6.69. The molecule has 2 atom stereocenters. The van der Waals surface area contributed by atoms with E-state index in [1.54, 1.807) is 36.0 Å². The largest absolute Gasteiger partial charge is 0.508 e. The van der Waals surface area contributed by atoms with Gasteiger partial charge in [-0.3, -0.25) is 5.32 Å². The zero-order chi connectivity index (χ0) is 23.5. The molecule has 0 fully saturated rings. The molecular weight excluding hydrogens is 498 g/mol. The van der Waals surface area contributed by atoms with Crippen molar-refractivity contribution in [1.82, 2.24) is 0 Å². The summed E-state index contributed by atoms with van der Waals surface area (Å²) in [5.74, 6) is -1.08. The summed E-state index contributed by atoms with van der Waals surface area (Å²) in [6.45, 7) is 2.16. The van der Waals surface area contributed by atoms with Crippen LogP contribution in [0.15, 0.2) is 64.0 Å². The third-order valence-electron chi connectivity index (χ3n) is 4.46. The van der Waals surface area contributed by atoms with Crippen molar-refractivity contribution >= 4 is 45.4 Å². The lowest BCUT2D eigenvalue weighted by Gasteiger charge is -2.28. The number of carboxylic acids is 1. The number of nitrogens with one attached hydrogen (secondary N) is 1. The van der Waals surface area contributed by atoms with Crippen LogP contribution in [0.1, 0.15) is 31.4 Å². The number of ether oxygens (including phenoxy) is 2. The minimum absolute atomic E-state index is 0.0406. The maximum absolute atomic E-state index is 12.7. The molecule has 2 aromatic carbocycles. The Hall–Kier alpha value is -2.49. The molecule has 0 saturated heterocycles. The average Bonchev–Trinajstić information content (AvgIpc) is 2.76. The quantitative estimate of drug-likeness (QED) is 0.245. The van der Waals surface area contributed by atoms with E-state index in [2.05, 4.69) is 21.2 Å². The number of aliphatic carboxylic acids is 1. The van der Waals surface area contributed by atoms with Gasteiger partial charge in [-0.15, -0.1) is 11.8 Å². The van der Waals surface area contributed by atoms with Crippen LogP contribution in [0.2, 0.25) is 0 Å². The highest BCUT2D eigenvalue weighted by Gasteiger charge is 2.30. The van der Waals surface area contributed by atoms with Crippen molar-refractivity contribution in [3.63, 3.8) is 0 Å². The number of phenolic OH excluding ortho intramolecular Hbond substituents is 1. The zero-order valence-corrected chi connectivity index (χ0v) is 20.2. The third kappa shape index (κ3) is 8.22. The smallest absolute Gasteiger partial charge is 0.412 e. The molecule has 0 bridgehead atoms. The molecule has 1 amide bonds. The SMILES string of the molecule is CCO[C@@H](CC/C=C/C(=O)O)[C@@H](OC(=O)Nc1ccc(SC)cc1)c1cc(Br)ccc1O. The number of rotatable bonds is 11. The van der Waals surface area contributed by atoms with Crippen molar-refractivity contribution in [1.29, 1.82) is 0 Å². The van der Waals surface area contributed by atoms with E-state index in [1.807, 2.05) is 25.3 Å². The predicted molar refractivity (Wildman–Crippen MR) is 128 cm³/mol. The van der Waals surface area contributed by atoms with Crippen molar-refractivity contribution in [2.45, 2.75) is 36.9 Å². The summed E-state index contributed by atoms with van der Waals surface area (Å²) in [7, 11) is 0. The molecule has 0 heterocycles. The molecule has 2 rings (SSSR count). The van der Waals surface area contributed by atoms with Gasteiger partial charge in [0.05, 0.1) is 6.10 Å². The molecule has 0 aliphatic rings. The molecule has 0 spiro atoms. The second kappa shape index (κ2) is 13.1. The molecule has 3 N–H and O–H groups in total. The molecule has 0 aromatic heterocycles. The van der Waals surface area contributed by atoms with E-state index in [0.29, 0.717) is 35.2 Å². The molecule has 0 radical (unpaired) electrons. The van der Waals surface area contributed by atoms with Gasteiger partial charge in [0.2, 0.25) is 0 Å². The highest BCUT2D eigenvalue weighted by molar-refractivity contribution is 9.10. The Kier molecular flexibility index (Phi) is 10.6. The zero-order valence-electron chi connectivity index (χ0n) is 17.8. The Morgan fingerprint density at radius 2 is 1.94 bits per heavy atom. The van der Waals surface area contributed by atoms with E-state index in [4.69, 9.17) is 14.6 Å². The van der Waals surface area contributed by atoms with Gasteiger partial charge < -0.3 is 19.7 Å². The number of aromatic hydroxyl groups is 1. The van der Waals surface area contributed by atoms with Crippen LogP contribution in [0, 0.1) is 0 Å². The van der Waals surface area contributed by atoms with Crippen LogP contribution in [0.5, 0.6) is 5.75 Å². The first-order valence-corrected chi connectivity index (χ1v) is 12.0. The molecule has 0 unspecified atom stereocenters. The lowest BCUT2D eigenvalue weighted by Crippen LogP contribution is -2.29. The summed E-state index contributed by atoms with van der Waals surface area (Å²) in [5.41, 5.74) is 0.954. The maximum Gasteiger partial charge on any atom is 0.412 e. The predicted octanol–water partition coefficient (Wildman–Crippen LogP) is 5.99. The minimum atomic E-state index is -1.04. The number of hydrogen-bond acceptors (Lipinski definition) is 6. The first kappa shape index (κ1) is 25.8. The molecule has 0 saturated carbocycles. The number of amides is 1. The fraction of sp³-hybridized carbons (Fsp3) is 0.304. The number of allylic oxidation sites excluding steroid dienone is 1. The Morgan fingerprint density at radius 3 is 2.56 bits per heavy atom. The van der Waals surface area contributed by atoms with Crippen LogP contribution in [0.25, 0.3) is 0 Å². The van der Waals surface area contributed by atoms with Gasteiger partial charge in [-0.1, -0.05) is 22.0 Å². The molecule has 0 aliphatic carbocycles. The monoisotopic (exact) mass is 523 g/mol. The number of halogens is 1. The van der Waals surface area contributed by atoms with Gasteiger partial charge in [-0.25, -0.2) is 9.59 Å². The van der Waals surface area contributed by atoms with Crippen molar-refractivity contribution in [3.05, 3.63) is 64.7 Å². The van der Waals surface area contributed by atoms with Crippen LogP contribution in [-0.4, -0.2) is 41.2 Å². The van der Waals surface area contributed by atoms with Crippen molar-refractivity contribution < 1.29 is 29.3 Å². The van der Waals surface area contributed by atoms with Gasteiger partial charge in [-0.2, -0.15) is 0 Å². The summed E-state index contributed by atoms with van der Waals surface area (Å²) in [5, 5.41) is 21.9. The molecule has 9 heteroatoms. The lowest BCUT2D eigenvalue weighted by molar-refractivity contribution is -0.131. The standard InChI is InChI=1S/C23H26BrNO6S/c1-3-30-20(6-4-5-7-21(27)28)22(18-14-15(24)8-13-19(18)26)31-23(29)25-16-9-11-17(32-2)12-10-16/h5,7-14,20,22,26H,3-4,6H2,1-2H3,(H,25,29)(H,27,28)/b7-5+/t20-,22-/m0/s1. The van der Waals surface area contributed by atoms with E-state index in [9.17, 15) is 14.7 Å². The highest BCUT2D eigenvalue weighted by Crippen LogP contribution is 2.35. The first-order chi connectivity index (χ1) is 15.3. The first-order valence-electron chi connectivity index (χ1n) is 9.95. The second-order valence-corrected chi connectivity index (χ2v) is 8.49. The Balaban J connectivity index is 2.25. The van der Waals surface area contributed by atoms with Gasteiger partial charge in [0.1, 0.15) is 5.75 Å². The third-order valence-corrected chi connectivity index (χ3v) is 5.70. The number of carbonyl (C=O) groups is 2. The molecule has 2 aromatic rings. The highest BCUT2D eigenvalue weighted by atomic mass is 79.9. The molecule has 32 heavy (non-hydrogen) atoms. The van der Waals surface area contributed by atoms with E-state index in [0.717, 1.165) is 11.0 Å². The van der Waals surface area contributed by atoms with Crippen LogP contribution < -0.4 is 5.32 Å². The van der Waals surface area contributed by atoms with Gasteiger partial charge >= 0.3 is 12.1 Å². The Morgan fingerprint density at radius 1 is 1.22 bits per heavy atom. The average molecular weight is 524 g/mol. The number of carbonyl (C=O) groups excluding carboxylic acids is 1. The Bertz CT molecular complexity index is 935. The van der Waals surface area contributed by atoms with E-state index < -0.39 is 24.3 Å². The lowest BCUT2D eigenvalue weighted by atomic mass is 9.99. The van der Waals surface area contributed by atoms with Crippen molar-refractivity contribution in [3.8, 4) is 5.75 Å². The van der Waals surface area contributed by atoms with Crippen molar-refractivity contribution in [2.24, 2.45) is 0 Å². The fourth-order valence-corrected chi connectivity index (χ4v) is 3.80. The maximum atomic E-state index is 12.7. The summed E-state index contributed by atoms with van der Waals surface area (Å²) in [6, 6.07) is 12.2. The van der Waals surface area contributed by atoms with Gasteiger partial charge in [0.15, 0.2) is 6.10 Å². The summed E-state index contributed by atoms with van der Waals surface area (Å²) in [6.07, 6.45) is 3.08. The number of hydrogen-bond donors (Lipinski definition) is 3. The molecular formula is C23H26BrNO6S. The van der Waals surface area contributed by atoms with E-state index >= 15 is 0 Å². The fourth-order valence-electron chi connectivity index (χ4n) is 3.01. The van der Waals surface area contributed by atoms with Crippen LogP contribution in [-0.2, 0) is 14.3 Å². The number of anilines is 1. The molecule has 7 nitrogen and oxygen atoms in total. The van der Waals surface area contributed by atoms with E-state index in [-0.39, 0.29) is 5.75 Å². The minimum Gasteiger partial charge on any atom is -0.508 e. The van der Waals surface area contributed by atoms with E-state index in [1.165, 1.54) is 12.1 Å². The number of thioether (sulfide) groups is 1. The Labute approximate surface area is 199 Å². The number of phenols is 1. The van der Waals surface area contributed by atoms with Crippen LogP contribution in [0.4, 0.5) is 10.5 Å². The molecule has 172 valence electrons.